The van der Waals surface area contributed by atoms with E-state index in [0.29, 0.717) is 40.6 Å². The number of nitrogens with one attached hydrogen (secondary N) is 2. The molecular formula is C22H24ClN3O5S. The number of hydrogen-bond acceptors (Lipinski definition) is 5. The lowest BCUT2D eigenvalue weighted by molar-refractivity contribution is -0.122. The summed E-state index contributed by atoms with van der Waals surface area (Å²) in [4.78, 5) is 24.9. The van der Waals surface area contributed by atoms with E-state index < -0.39 is 22.2 Å². The number of sulfonamides is 1. The minimum Gasteiger partial charge on any atom is -0.479 e. The molecule has 2 atom stereocenters. The molecule has 0 aliphatic carbocycles. The van der Waals surface area contributed by atoms with Crippen molar-refractivity contribution in [2.24, 2.45) is 0 Å². The summed E-state index contributed by atoms with van der Waals surface area (Å²) in [5, 5.41) is 6.11. The third-order valence-electron chi connectivity index (χ3n) is 5.75. The van der Waals surface area contributed by atoms with Crippen LogP contribution in [-0.2, 0) is 19.6 Å². The van der Waals surface area contributed by atoms with Gasteiger partial charge in [0, 0.05) is 23.3 Å². The third-order valence-corrected chi connectivity index (χ3v) is 8.03. The summed E-state index contributed by atoms with van der Waals surface area (Å²) in [5.41, 5.74) is 2.27. The first-order valence-electron chi connectivity index (χ1n) is 10.3. The van der Waals surface area contributed by atoms with Gasteiger partial charge in [-0.25, -0.2) is 8.42 Å². The van der Waals surface area contributed by atoms with Gasteiger partial charge in [-0.05, 0) is 69.0 Å². The maximum Gasteiger partial charge on any atom is 0.265 e. The van der Waals surface area contributed by atoms with Crippen LogP contribution in [0, 0.1) is 13.8 Å². The Kier molecular flexibility index (Phi) is 5.91. The fourth-order valence-corrected chi connectivity index (χ4v) is 6.13. The molecule has 4 rings (SSSR count). The van der Waals surface area contributed by atoms with Crippen molar-refractivity contribution in [1.82, 2.24) is 4.31 Å². The van der Waals surface area contributed by atoms with Gasteiger partial charge in [0.2, 0.25) is 15.9 Å². The van der Waals surface area contributed by atoms with Crippen molar-refractivity contribution in [2.75, 3.05) is 17.2 Å². The van der Waals surface area contributed by atoms with Crippen LogP contribution in [0.3, 0.4) is 0 Å². The molecule has 1 fully saturated rings. The predicted molar refractivity (Wildman–Crippen MR) is 122 cm³/mol. The molecule has 2 aromatic rings. The second-order valence-electron chi connectivity index (χ2n) is 8.09. The highest BCUT2D eigenvalue weighted by atomic mass is 35.5. The molecule has 2 N–H and O–H groups in total. The molecule has 2 aliphatic heterocycles. The van der Waals surface area contributed by atoms with E-state index in [-0.39, 0.29) is 23.3 Å². The number of fused-ring (bicyclic) bond motifs is 1. The van der Waals surface area contributed by atoms with E-state index in [4.69, 9.17) is 16.3 Å². The van der Waals surface area contributed by atoms with Crippen LogP contribution in [0.1, 0.15) is 30.9 Å². The number of hydrogen-bond donors (Lipinski definition) is 2. The Morgan fingerprint density at radius 2 is 1.97 bits per heavy atom. The summed E-state index contributed by atoms with van der Waals surface area (Å²) in [6.07, 6.45) is 0.268. The van der Waals surface area contributed by atoms with Crippen LogP contribution in [0.25, 0.3) is 0 Å². The topological polar surface area (TPSA) is 105 Å². The number of ether oxygens (including phenoxy) is 1. The lowest BCUT2D eigenvalue weighted by atomic mass is 10.1. The van der Waals surface area contributed by atoms with Crippen molar-refractivity contribution in [3.8, 4) is 5.75 Å². The van der Waals surface area contributed by atoms with Gasteiger partial charge in [-0.1, -0.05) is 11.6 Å². The van der Waals surface area contributed by atoms with Gasteiger partial charge in [0.25, 0.3) is 5.91 Å². The molecule has 32 heavy (non-hydrogen) atoms. The van der Waals surface area contributed by atoms with Crippen LogP contribution in [0.15, 0.2) is 35.2 Å². The molecule has 0 unspecified atom stereocenters. The molecular weight excluding hydrogens is 454 g/mol. The van der Waals surface area contributed by atoms with Crippen LogP contribution >= 0.6 is 11.6 Å². The number of anilines is 2. The van der Waals surface area contributed by atoms with E-state index >= 15 is 0 Å². The van der Waals surface area contributed by atoms with E-state index in [1.165, 1.54) is 10.4 Å². The van der Waals surface area contributed by atoms with Gasteiger partial charge < -0.3 is 15.4 Å². The predicted octanol–water partition coefficient (Wildman–Crippen LogP) is 3.47. The van der Waals surface area contributed by atoms with Crippen LogP contribution in [0.4, 0.5) is 11.4 Å². The highest BCUT2D eigenvalue weighted by Crippen LogP contribution is 2.37. The first-order valence-corrected chi connectivity index (χ1v) is 12.1. The average Bonchev–Trinajstić information content (AvgIpc) is 3.22. The quantitative estimate of drug-likeness (QED) is 0.701. The minimum atomic E-state index is -3.98. The van der Waals surface area contributed by atoms with Crippen molar-refractivity contribution in [3.05, 3.63) is 46.5 Å². The SMILES string of the molecule is Cc1cc(Cl)ccc1NC(=O)[C@@H]1CCCN1S(=O)(=O)c1cc2c(cc1C)NC(=O)[C@@H](C)O2. The van der Waals surface area contributed by atoms with Crippen LogP contribution in [0.5, 0.6) is 5.75 Å². The van der Waals surface area contributed by atoms with E-state index in [0.717, 1.165) is 5.56 Å². The average molecular weight is 478 g/mol. The second-order valence-corrected chi connectivity index (χ2v) is 10.4. The first-order chi connectivity index (χ1) is 15.1. The number of carbonyl (C=O) groups is 2. The zero-order chi connectivity index (χ0) is 23.2. The normalized spacial score (nSPS) is 20.9. The Bertz CT molecular complexity index is 1210. The number of benzene rings is 2. The van der Waals surface area contributed by atoms with Gasteiger partial charge in [-0.2, -0.15) is 4.31 Å². The molecule has 0 spiro atoms. The zero-order valence-electron chi connectivity index (χ0n) is 17.9. The molecule has 170 valence electrons. The number of aryl methyl sites for hydroxylation is 2. The highest BCUT2D eigenvalue weighted by molar-refractivity contribution is 7.89. The molecule has 2 heterocycles. The highest BCUT2D eigenvalue weighted by Gasteiger charge is 2.41. The largest absolute Gasteiger partial charge is 0.479 e. The molecule has 1 saturated heterocycles. The van der Waals surface area contributed by atoms with Crippen molar-refractivity contribution >= 4 is 44.8 Å². The molecule has 0 radical (unpaired) electrons. The number of carbonyl (C=O) groups excluding carboxylic acids is 2. The maximum absolute atomic E-state index is 13.6. The molecule has 2 amide bonds. The summed E-state index contributed by atoms with van der Waals surface area (Å²) in [6.45, 7) is 5.30. The lowest BCUT2D eigenvalue weighted by Crippen LogP contribution is -2.43. The molecule has 10 heteroatoms. The van der Waals surface area contributed by atoms with Crippen molar-refractivity contribution < 1.29 is 22.7 Å². The van der Waals surface area contributed by atoms with Gasteiger partial charge in [0.1, 0.15) is 11.8 Å². The monoisotopic (exact) mass is 477 g/mol. The smallest absolute Gasteiger partial charge is 0.265 e. The number of halogens is 1. The first kappa shape index (κ1) is 22.6. The van der Waals surface area contributed by atoms with Crippen molar-refractivity contribution in [2.45, 2.75) is 50.7 Å². The molecule has 0 bridgehead atoms. The maximum atomic E-state index is 13.6. The summed E-state index contributed by atoms with van der Waals surface area (Å²) in [6, 6.07) is 7.27. The number of nitrogens with zero attached hydrogens (tertiary/aromatic N) is 1. The van der Waals surface area contributed by atoms with Gasteiger partial charge in [0.15, 0.2) is 6.10 Å². The van der Waals surface area contributed by atoms with Crippen molar-refractivity contribution in [1.29, 1.82) is 0 Å². The molecule has 0 saturated carbocycles. The Hall–Kier alpha value is -2.62. The third kappa shape index (κ3) is 4.07. The van der Waals surface area contributed by atoms with Gasteiger partial charge >= 0.3 is 0 Å². The summed E-state index contributed by atoms with van der Waals surface area (Å²) >= 11 is 5.98. The second kappa shape index (κ2) is 8.38. The van der Waals surface area contributed by atoms with Gasteiger partial charge in [-0.15, -0.1) is 0 Å². The van der Waals surface area contributed by atoms with E-state index in [1.54, 1.807) is 38.1 Å². The molecule has 8 nitrogen and oxygen atoms in total. The molecule has 2 aliphatic rings. The van der Waals surface area contributed by atoms with Crippen LogP contribution < -0.4 is 15.4 Å². The van der Waals surface area contributed by atoms with Crippen molar-refractivity contribution in [3.63, 3.8) is 0 Å². The van der Waals surface area contributed by atoms with E-state index in [2.05, 4.69) is 10.6 Å². The van der Waals surface area contributed by atoms with Crippen LogP contribution in [-0.4, -0.2) is 43.2 Å². The summed E-state index contributed by atoms with van der Waals surface area (Å²) < 4.78 is 33.9. The van der Waals surface area contributed by atoms with Crippen LogP contribution in [0.2, 0.25) is 5.02 Å². The summed E-state index contributed by atoms with van der Waals surface area (Å²) in [5.74, 6) is -0.385. The number of rotatable bonds is 4. The Labute approximate surface area is 191 Å². The van der Waals surface area contributed by atoms with Gasteiger partial charge in [0.05, 0.1) is 10.6 Å². The van der Waals surface area contributed by atoms with Gasteiger partial charge in [-0.3, -0.25) is 9.59 Å². The standard InChI is InChI=1S/C22H24ClN3O5S/c1-12-9-15(23)6-7-16(12)24-22(28)18-5-4-8-26(18)32(29,30)20-11-19-17(10-13(20)2)25-21(27)14(3)31-19/h6-7,9-11,14,18H,4-5,8H2,1-3H3,(H,24,28)(H,25,27)/t14-,18+/m1/s1. The summed E-state index contributed by atoms with van der Waals surface area (Å²) in [7, 11) is -3.98. The molecule has 2 aromatic carbocycles. The fourth-order valence-electron chi connectivity index (χ4n) is 4.02. The Morgan fingerprint density at radius 3 is 2.69 bits per heavy atom. The van der Waals surface area contributed by atoms with E-state index in [9.17, 15) is 18.0 Å². The minimum absolute atomic E-state index is 0.0574. The zero-order valence-corrected chi connectivity index (χ0v) is 19.5. The number of amides is 2. The Morgan fingerprint density at radius 1 is 1.22 bits per heavy atom. The Balaban J connectivity index is 1.63. The molecule has 0 aromatic heterocycles. The lowest BCUT2D eigenvalue weighted by Gasteiger charge is -2.27. The fraction of sp³-hybridized carbons (Fsp3) is 0.364. The van der Waals surface area contributed by atoms with E-state index in [1.807, 2.05) is 6.92 Å².